The van der Waals surface area contributed by atoms with Crippen molar-refractivity contribution in [1.29, 1.82) is 0 Å². The Kier molecular flexibility index (Phi) is 2.44. The lowest BCUT2D eigenvalue weighted by Crippen LogP contribution is -2.43. The topological polar surface area (TPSA) is 21.3 Å². The fraction of sp³-hybridized carbons (Fsp3) is 1.00. The summed E-state index contributed by atoms with van der Waals surface area (Å²) in [6.45, 7) is 4.52. The molecule has 2 heteroatoms. The first kappa shape index (κ1) is 7.56. The van der Waals surface area contributed by atoms with E-state index in [-0.39, 0.29) is 0 Å². The molecule has 0 radical (unpaired) electrons. The van der Waals surface area contributed by atoms with Gasteiger partial charge in [-0.25, -0.2) is 0 Å². The van der Waals surface area contributed by atoms with Gasteiger partial charge in [0.15, 0.2) is 0 Å². The molecule has 0 amide bonds. The summed E-state index contributed by atoms with van der Waals surface area (Å²) in [6, 6.07) is 0. The van der Waals surface area contributed by atoms with Crippen molar-refractivity contribution >= 4 is 0 Å². The average molecular weight is 155 g/mol. The summed E-state index contributed by atoms with van der Waals surface area (Å²) in [5.74, 6) is 1.83. The zero-order valence-electron chi connectivity index (χ0n) is 7.01. The van der Waals surface area contributed by atoms with Gasteiger partial charge < -0.3 is 10.1 Å². The van der Waals surface area contributed by atoms with E-state index in [0.29, 0.717) is 0 Å². The van der Waals surface area contributed by atoms with E-state index >= 15 is 0 Å². The Morgan fingerprint density at radius 2 is 2.18 bits per heavy atom. The lowest BCUT2D eigenvalue weighted by Gasteiger charge is -2.32. The predicted octanol–water partition coefficient (Wildman–Crippen LogP) is 1.02. The molecule has 2 rings (SSSR count). The maximum Gasteiger partial charge on any atom is 0.0494 e. The third-order valence-electron chi connectivity index (χ3n) is 2.79. The van der Waals surface area contributed by atoms with Crippen molar-refractivity contribution < 1.29 is 4.74 Å². The summed E-state index contributed by atoms with van der Waals surface area (Å²) in [6.07, 6.45) is 4.08. The second-order valence-corrected chi connectivity index (χ2v) is 3.84. The molecular formula is C9H17NO. The minimum absolute atomic E-state index is 0.871. The molecule has 64 valence electrons. The fourth-order valence-electron chi connectivity index (χ4n) is 1.98. The molecule has 2 fully saturated rings. The normalized spacial score (nSPS) is 33.3. The molecule has 0 spiro atoms. The first-order valence-electron chi connectivity index (χ1n) is 4.73. The maximum atomic E-state index is 5.43. The quantitative estimate of drug-likeness (QED) is 0.643. The van der Waals surface area contributed by atoms with Gasteiger partial charge in [0.05, 0.1) is 0 Å². The van der Waals surface area contributed by atoms with Gasteiger partial charge in [0.2, 0.25) is 0 Å². The lowest BCUT2D eigenvalue weighted by atomic mass is 9.87. The Bertz CT molecular complexity index is 117. The summed E-state index contributed by atoms with van der Waals surface area (Å²) in [5, 5.41) is 3.31. The van der Waals surface area contributed by atoms with Crippen molar-refractivity contribution in [2.75, 3.05) is 26.3 Å². The smallest absolute Gasteiger partial charge is 0.0494 e. The highest BCUT2D eigenvalue weighted by atomic mass is 16.5. The van der Waals surface area contributed by atoms with Gasteiger partial charge in [-0.05, 0) is 44.2 Å². The molecule has 0 aromatic carbocycles. The highest BCUT2D eigenvalue weighted by molar-refractivity contribution is 4.78. The van der Waals surface area contributed by atoms with Gasteiger partial charge in [0, 0.05) is 13.2 Å². The van der Waals surface area contributed by atoms with E-state index in [4.69, 9.17) is 4.74 Å². The highest BCUT2D eigenvalue weighted by Crippen LogP contribution is 2.23. The standard InChI is InChI=1S/C9H17NO/c1-2-8(7-11-3-1)4-9-5-10-6-9/h8-10H,1-7H2. The Morgan fingerprint density at radius 1 is 1.27 bits per heavy atom. The van der Waals surface area contributed by atoms with E-state index < -0.39 is 0 Å². The second-order valence-electron chi connectivity index (χ2n) is 3.84. The molecule has 1 unspecified atom stereocenters. The Hall–Kier alpha value is -0.0800. The molecule has 0 aliphatic carbocycles. The van der Waals surface area contributed by atoms with Crippen LogP contribution in [0.3, 0.4) is 0 Å². The Labute approximate surface area is 68.3 Å². The maximum absolute atomic E-state index is 5.43. The molecule has 1 N–H and O–H groups in total. The van der Waals surface area contributed by atoms with Gasteiger partial charge in [-0.2, -0.15) is 0 Å². The van der Waals surface area contributed by atoms with Crippen molar-refractivity contribution in [2.24, 2.45) is 11.8 Å². The minimum atomic E-state index is 0.871. The summed E-state index contributed by atoms with van der Waals surface area (Å²) >= 11 is 0. The number of hydrogen-bond acceptors (Lipinski definition) is 2. The predicted molar refractivity (Wildman–Crippen MR) is 44.5 cm³/mol. The van der Waals surface area contributed by atoms with Crippen LogP contribution in [0.2, 0.25) is 0 Å². The fourth-order valence-corrected chi connectivity index (χ4v) is 1.98. The molecule has 1 atom stereocenters. The third-order valence-corrected chi connectivity index (χ3v) is 2.79. The van der Waals surface area contributed by atoms with Crippen LogP contribution in [0, 0.1) is 11.8 Å². The molecule has 2 aliphatic rings. The van der Waals surface area contributed by atoms with Crippen molar-refractivity contribution in [3.05, 3.63) is 0 Å². The summed E-state index contributed by atoms with van der Waals surface area (Å²) in [4.78, 5) is 0. The molecule has 2 aliphatic heterocycles. The van der Waals surface area contributed by atoms with Crippen LogP contribution in [-0.2, 0) is 4.74 Å². The van der Waals surface area contributed by atoms with Crippen molar-refractivity contribution in [3.8, 4) is 0 Å². The molecule has 11 heavy (non-hydrogen) atoms. The van der Waals surface area contributed by atoms with Crippen LogP contribution >= 0.6 is 0 Å². The number of hydrogen-bond donors (Lipinski definition) is 1. The molecule has 0 saturated carbocycles. The second kappa shape index (κ2) is 3.55. The first-order valence-corrected chi connectivity index (χ1v) is 4.73. The first-order chi connectivity index (χ1) is 5.45. The van der Waals surface area contributed by atoms with Crippen LogP contribution in [0.5, 0.6) is 0 Å². The SMILES string of the molecule is C1COCC(CC2CNC2)C1. The summed E-state index contributed by atoms with van der Waals surface area (Å²) in [7, 11) is 0. The number of rotatable bonds is 2. The van der Waals surface area contributed by atoms with Crippen LogP contribution in [0.1, 0.15) is 19.3 Å². The monoisotopic (exact) mass is 155 g/mol. The lowest BCUT2D eigenvalue weighted by molar-refractivity contribution is 0.0413. The zero-order chi connectivity index (χ0) is 7.52. The molecule has 2 nitrogen and oxygen atoms in total. The summed E-state index contributed by atoms with van der Waals surface area (Å²) in [5.41, 5.74) is 0. The molecular weight excluding hydrogens is 138 g/mol. The Balaban J connectivity index is 1.67. The average Bonchev–Trinajstić information content (AvgIpc) is 1.99. The van der Waals surface area contributed by atoms with Crippen LogP contribution in [0.4, 0.5) is 0 Å². The van der Waals surface area contributed by atoms with Crippen LogP contribution in [0.15, 0.2) is 0 Å². The van der Waals surface area contributed by atoms with E-state index in [1.807, 2.05) is 0 Å². The van der Waals surface area contributed by atoms with Gasteiger partial charge in [0.25, 0.3) is 0 Å². The molecule has 0 aromatic rings. The number of ether oxygens (including phenoxy) is 1. The van der Waals surface area contributed by atoms with E-state index in [1.165, 1.54) is 32.4 Å². The van der Waals surface area contributed by atoms with Gasteiger partial charge >= 0.3 is 0 Å². The van der Waals surface area contributed by atoms with Crippen molar-refractivity contribution in [3.63, 3.8) is 0 Å². The van der Waals surface area contributed by atoms with Gasteiger partial charge in [-0.3, -0.25) is 0 Å². The molecule has 2 saturated heterocycles. The van der Waals surface area contributed by atoms with E-state index in [0.717, 1.165) is 25.0 Å². The van der Waals surface area contributed by atoms with E-state index in [9.17, 15) is 0 Å². The van der Waals surface area contributed by atoms with Crippen LogP contribution in [0.25, 0.3) is 0 Å². The van der Waals surface area contributed by atoms with E-state index in [1.54, 1.807) is 0 Å². The number of nitrogens with one attached hydrogen (secondary N) is 1. The zero-order valence-corrected chi connectivity index (χ0v) is 7.01. The third kappa shape index (κ3) is 1.94. The van der Waals surface area contributed by atoms with Gasteiger partial charge in [-0.1, -0.05) is 0 Å². The minimum Gasteiger partial charge on any atom is -0.381 e. The van der Waals surface area contributed by atoms with Crippen molar-refractivity contribution in [2.45, 2.75) is 19.3 Å². The summed E-state index contributed by atoms with van der Waals surface area (Å²) < 4.78 is 5.43. The van der Waals surface area contributed by atoms with Gasteiger partial charge in [-0.15, -0.1) is 0 Å². The highest BCUT2D eigenvalue weighted by Gasteiger charge is 2.22. The van der Waals surface area contributed by atoms with Gasteiger partial charge in [0.1, 0.15) is 0 Å². The van der Waals surface area contributed by atoms with E-state index in [2.05, 4.69) is 5.32 Å². The Morgan fingerprint density at radius 3 is 2.73 bits per heavy atom. The largest absolute Gasteiger partial charge is 0.381 e. The molecule has 0 bridgehead atoms. The molecule has 0 aromatic heterocycles. The van der Waals surface area contributed by atoms with Crippen LogP contribution < -0.4 is 5.32 Å². The van der Waals surface area contributed by atoms with Crippen LogP contribution in [-0.4, -0.2) is 26.3 Å². The van der Waals surface area contributed by atoms with Crippen molar-refractivity contribution in [1.82, 2.24) is 5.32 Å². The molecule has 2 heterocycles.